The van der Waals surface area contributed by atoms with Gasteiger partial charge in [0.05, 0.1) is 4.90 Å². The van der Waals surface area contributed by atoms with Crippen molar-refractivity contribution in [3.63, 3.8) is 0 Å². The fourth-order valence-electron chi connectivity index (χ4n) is 2.78. The Labute approximate surface area is 134 Å². The average Bonchev–Trinajstić information content (AvgIpc) is 2.63. The maximum Gasteiger partial charge on any atom is 0.240 e. The topological polar surface area (TPSA) is 72.2 Å². The Morgan fingerprint density at radius 2 is 1.71 bits per heavy atom. The van der Waals surface area contributed by atoms with Crippen LogP contribution in [0.15, 0.2) is 29.2 Å². The van der Waals surface area contributed by atoms with Crippen LogP contribution in [0, 0.1) is 6.92 Å². The second-order valence-electron chi connectivity index (χ2n) is 5.87. The summed E-state index contributed by atoms with van der Waals surface area (Å²) in [6.45, 7) is 2.13. The number of nitrogens with two attached hydrogens (primary N) is 1. The van der Waals surface area contributed by atoms with E-state index in [-0.39, 0.29) is 12.4 Å². The number of hydrogen-bond acceptors (Lipinski definition) is 3. The van der Waals surface area contributed by atoms with E-state index in [0.29, 0.717) is 11.4 Å². The fourth-order valence-corrected chi connectivity index (χ4v) is 4.17. The number of benzene rings is 1. The molecule has 0 unspecified atom stereocenters. The zero-order valence-electron chi connectivity index (χ0n) is 12.5. The zero-order chi connectivity index (χ0) is 14.6. The van der Waals surface area contributed by atoms with Crippen LogP contribution in [0.25, 0.3) is 0 Å². The molecule has 1 aliphatic rings. The summed E-state index contributed by atoms with van der Waals surface area (Å²) in [5, 5.41) is 0. The molecule has 4 nitrogen and oxygen atoms in total. The van der Waals surface area contributed by atoms with Crippen molar-refractivity contribution < 1.29 is 8.42 Å². The number of aryl methyl sites for hydroxylation is 1. The van der Waals surface area contributed by atoms with Crippen LogP contribution < -0.4 is 10.5 Å². The van der Waals surface area contributed by atoms with Gasteiger partial charge in [0.1, 0.15) is 0 Å². The Hall–Kier alpha value is -0.620. The third-order valence-corrected chi connectivity index (χ3v) is 5.66. The number of sulfonamides is 1. The van der Waals surface area contributed by atoms with Gasteiger partial charge in [-0.15, -0.1) is 12.4 Å². The van der Waals surface area contributed by atoms with Gasteiger partial charge in [-0.1, -0.05) is 43.9 Å². The predicted molar refractivity (Wildman–Crippen MR) is 88.2 cm³/mol. The van der Waals surface area contributed by atoms with Crippen LogP contribution in [-0.2, 0) is 10.0 Å². The second kappa shape index (κ2) is 7.58. The number of hydrogen-bond donors (Lipinski definition) is 2. The minimum atomic E-state index is -3.47. The summed E-state index contributed by atoms with van der Waals surface area (Å²) in [4.78, 5) is 0.345. The van der Waals surface area contributed by atoms with E-state index < -0.39 is 15.6 Å². The number of rotatable bonds is 4. The lowest BCUT2D eigenvalue weighted by Crippen LogP contribution is -2.49. The molecular weight excluding hydrogens is 308 g/mol. The Morgan fingerprint density at radius 1 is 1.14 bits per heavy atom. The minimum Gasteiger partial charge on any atom is -0.324 e. The molecule has 3 N–H and O–H groups in total. The molecule has 1 fully saturated rings. The molecule has 1 aromatic rings. The summed E-state index contributed by atoms with van der Waals surface area (Å²) < 4.78 is 27.4. The molecule has 6 heteroatoms. The highest BCUT2D eigenvalue weighted by Gasteiger charge is 2.28. The van der Waals surface area contributed by atoms with E-state index in [1.165, 1.54) is 12.8 Å². The minimum absolute atomic E-state index is 0. The van der Waals surface area contributed by atoms with Gasteiger partial charge < -0.3 is 5.73 Å². The van der Waals surface area contributed by atoms with Gasteiger partial charge in [0, 0.05) is 12.1 Å². The Kier molecular flexibility index (Phi) is 6.66. The van der Waals surface area contributed by atoms with Gasteiger partial charge in [-0.2, -0.15) is 0 Å². The Bertz CT molecular complexity index is 553. The number of halogens is 1. The molecule has 0 aliphatic heterocycles. The first-order chi connectivity index (χ1) is 9.43. The third kappa shape index (κ3) is 4.95. The summed E-state index contributed by atoms with van der Waals surface area (Å²) in [6.07, 6.45) is 6.35. The number of nitrogens with one attached hydrogen (secondary N) is 1. The molecule has 120 valence electrons. The molecule has 0 bridgehead atoms. The van der Waals surface area contributed by atoms with Crippen molar-refractivity contribution in [1.82, 2.24) is 4.72 Å². The fraction of sp³-hybridized carbons (Fsp3) is 0.600. The van der Waals surface area contributed by atoms with Crippen molar-refractivity contribution in [1.29, 1.82) is 0 Å². The Morgan fingerprint density at radius 3 is 2.29 bits per heavy atom. The standard InChI is InChI=1S/C15H24N2O2S.ClH/c1-13-8-4-5-9-14(13)20(18,19)17-12-15(16)10-6-2-3-7-11-15;/h4-5,8-9,17H,2-3,6-7,10-12,16H2,1H3;1H. The summed E-state index contributed by atoms with van der Waals surface area (Å²) in [5.74, 6) is 0. The van der Waals surface area contributed by atoms with Crippen molar-refractivity contribution in [3.05, 3.63) is 29.8 Å². The highest BCUT2D eigenvalue weighted by atomic mass is 35.5. The molecule has 0 spiro atoms. The van der Waals surface area contributed by atoms with Gasteiger partial charge in [0.2, 0.25) is 10.0 Å². The van der Waals surface area contributed by atoms with Crippen LogP contribution in [-0.4, -0.2) is 20.5 Å². The van der Waals surface area contributed by atoms with Gasteiger partial charge in [0.25, 0.3) is 0 Å². The van der Waals surface area contributed by atoms with Crippen molar-refractivity contribution in [3.8, 4) is 0 Å². The molecular formula is C15H25ClN2O2S. The van der Waals surface area contributed by atoms with Crippen LogP contribution in [0.2, 0.25) is 0 Å². The Balaban J connectivity index is 0.00000220. The van der Waals surface area contributed by atoms with Gasteiger partial charge >= 0.3 is 0 Å². The maximum atomic E-state index is 12.4. The van der Waals surface area contributed by atoms with Crippen molar-refractivity contribution in [2.24, 2.45) is 5.73 Å². The molecule has 1 aliphatic carbocycles. The molecule has 0 saturated heterocycles. The normalized spacial score (nSPS) is 18.6. The van der Waals surface area contributed by atoms with E-state index in [4.69, 9.17) is 5.73 Å². The van der Waals surface area contributed by atoms with Crippen LogP contribution in [0.3, 0.4) is 0 Å². The average molecular weight is 333 g/mol. The summed E-state index contributed by atoms with van der Waals surface area (Å²) >= 11 is 0. The van der Waals surface area contributed by atoms with E-state index in [2.05, 4.69) is 4.72 Å². The highest BCUT2D eigenvalue weighted by molar-refractivity contribution is 7.89. The van der Waals surface area contributed by atoms with Crippen LogP contribution >= 0.6 is 12.4 Å². The van der Waals surface area contributed by atoms with Crippen molar-refractivity contribution >= 4 is 22.4 Å². The lowest BCUT2D eigenvalue weighted by Gasteiger charge is -2.28. The monoisotopic (exact) mass is 332 g/mol. The van der Waals surface area contributed by atoms with E-state index >= 15 is 0 Å². The largest absolute Gasteiger partial charge is 0.324 e. The molecule has 2 rings (SSSR count). The highest BCUT2D eigenvalue weighted by Crippen LogP contribution is 2.25. The van der Waals surface area contributed by atoms with Gasteiger partial charge in [-0.3, -0.25) is 0 Å². The van der Waals surface area contributed by atoms with Crippen LogP contribution in [0.4, 0.5) is 0 Å². The zero-order valence-corrected chi connectivity index (χ0v) is 14.1. The van der Waals surface area contributed by atoms with Gasteiger partial charge in [-0.05, 0) is 31.4 Å². The molecule has 0 heterocycles. The summed E-state index contributed by atoms with van der Waals surface area (Å²) in [5.41, 5.74) is 6.72. The SMILES string of the molecule is Cc1ccccc1S(=O)(=O)NCC1(N)CCCCCC1.Cl. The second-order valence-corrected chi connectivity index (χ2v) is 7.60. The van der Waals surface area contributed by atoms with Gasteiger partial charge in [0.15, 0.2) is 0 Å². The van der Waals surface area contributed by atoms with E-state index in [9.17, 15) is 8.42 Å². The molecule has 0 radical (unpaired) electrons. The molecule has 0 aromatic heterocycles. The lowest BCUT2D eigenvalue weighted by molar-refractivity contribution is 0.369. The predicted octanol–water partition coefficient (Wildman–Crippen LogP) is 2.75. The van der Waals surface area contributed by atoms with E-state index in [1.54, 1.807) is 25.1 Å². The third-order valence-electron chi connectivity index (χ3n) is 4.10. The van der Waals surface area contributed by atoms with E-state index in [1.807, 2.05) is 6.07 Å². The molecule has 21 heavy (non-hydrogen) atoms. The lowest BCUT2D eigenvalue weighted by atomic mass is 9.92. The molecule has 1 aromatic carbocycles. The first-order valence-electron chi connectivity index (χ1n) is 7.27. The first-order valence-corrected chi connectivity index (χ1v) is 8.75. The van der Waals surface area contributed by atoms with Crippen molar-refractivity contribution in [2.45, 2.75) is 55.9 Å². The molecule has 1 saturated carbocycles. The summed E-state index contributed by atoms with van der Waals surface area (Å²) in [7, 11) is -3.47. The smallest absolute Gasteiger partial charge is 0.240 e. The summed E-state index contributed by atoms with van der Waals surface area (Å²) in [6, 6.07) is 7.02. The quantitative estimate of drug-likeness (QED) is 0.833. The van der Waals surface area contributed by atoms with Crippen molar-refractivity contribution in [2.75, 3.05) is 6.54 Å². The molecule has 0 amide bonds. The first kappa shape index (κ1) is 18.4. The van der Waals surface area contributed by atoms with Crippen LogP contribution in [0.5, 0.6) is 0 Å². The van der Waals surface area contributed by atoms with Gasteiger partial charge in [-0.25, -0.2) is 13.1 Å². The van der Waals surface area contributed by atoms with E-state index in [0.717, 1.165) is 31.2 Å². The molecule has 0 atom stereocenters. The van der Waals surface area contributed by atoms with Crippen LogP contribution in [0.1, 0.15) is 44.1 Å². The maximum absolute atomic E-state index is 12.4.